The van der Waals surface area contributed by atoms with E-state index < -0.39 is 0 Å². The van der Waals surface area contributed by atoms with Gasteiger partial charge in [0.15, 0.2) is 0 Å². The molecule has 0 amide bonds. The van der Waals surface area contributed by atoms with Crippen LogP contribution in [0.5, 0.6) is 0 Å². The van der Waals surface area contributed by atoms with Crippen LogP contribution in [-0.2, 0) is 0 Å². The lowest BCUT2D eigenvalue weighted by Crippen LogP contribution is -2.16. The maximum atomic E-state index is 5.43. The van der Waals surface area contributed by atoms with Crippen molar-refractivity contribution in [1.82, 2.24) is 14.4 Å². The van der Waals surface area contributed by atoms with Crippen molar-refractivity contribution in [2.45, 2.75) is 84.1 Å². The number of hydrogen-bond acceptors (Lipinski definition) is 4. The van der Waals surface area contributed by atoms with Gasteiger partial charge in [-0.15, -0.1) is 0 Å². The summed E-state index contributed by atoms with van der Waals surface area (Å²) < 4.78 is 4.70. The number of thiocarbonyl (C=S) groups is 2. The van der Waals surface area contributed by atoms with Gasteiger partial charge >= 0.3 is 0 Å². The molecule has 0 radical (unpaired) electrons. The first-order chi connectivity index (χ1) is 19.2. The van der Waals surface area contributed by atoms with Gasteiger partial charge in [0.05, 0.1) is 0 Å². The molecule has 0 aliphatic rings. The first kappa shape index (κ1) is 33.2. The molecule has 40 heavy (non-hydrogen) atoms. The molecule has 0 saturated heterocycles. The molecule has 7 heteroatoms. The second-order valence-electron chi connectivity index (χ2n) is 11.5. The second kappa shape index (κ2) is 17.0. The highest BCUT2D eigenvalue weighted by molar-refractivity contribution is 8.23. The van der Waals surface area contributed by atoms with E-state index in [2.05, 4.69) is 54.8 Å². The lowest BCUT2D eigenvalue weighted by molar-refractivity contribution is 0.413. The predicted molar refractivity (Wildman–Crippen MR) is 192 cm³/mol. The number of aromatic nitrogens is 1. The highest BCUT2D eigenvalue weighted by Crippen LogP contribution is 2.36. The molecule has 3 rings (SSSR count). The van der Waals surface area contributed by atoms with Crippen LogP contribution in [0.25, 0.3) is 21.8 Å². The van der Waals surface area contributed by atoms with Gasteiger partial charge in [-0.3, -0.25) is 0 Å². The molecule has 1 heterocycles. The Bertz CT molecular complexity index is 1150. The Morgan fingerprint density at radius 3 is 1.45 bits per heavy atom. The molecule has 0 spiro atoms. The van der Waals surface area contributed by atoms with Crippen molar-refractivity contribution in [1.29, 1.82) is 0 Å². The van der Waals surface area contributed by atoms with Crippen LogP contribution in [0.15, 0.2) is 36.4 Å². The minimum atomic E-state index is 0.537. The van der Waals surface area contributed by atoms with Gasteiger partial charge in [-0.2, -0.15) is 0 Å². The van der Waals surface area contributed by atoms with Crippen molar-refractivity contribution in [3.63, 3.8) is 0 Å². The Morgan fingerprint density at radius 1 is 0.650 bits per heavy atom. The van der Waals surface area contributed by atoms with E-state index in [1.165, 1.54) is 97.1 Å². The molecule has 1 aromatic heterocycles. The first-order valence-corrected chi connectivity index (χ1v) is 17.7. The van der Waals surface area contributed by atoms with Crippen LogP contribution >= 0.6 is 48.0 Å². The van der Waals surface area contributed by atoms with Crippen LogP contribution in [0.3, 0.4) is 0 Å². The molecule has 0 saturated carbocycles. The third-order valence-electron chi connectivity index (χ3n) is 7.53. The summed E-state index contributed by atoms with van der Waals surface area (Å²) in [6.07, 6.45) is 12.7. The zero-order valence-corrected chi connectivity index (χ0v) is 28.8. The van der Waals surface area contributed by atoms with Gasteiger partial charge in [-0.05, 0) is 62.8 Å². The molecule has 0 fully saturated rings. The average molecular weight is 616 g/mol. The fourth-order valence-electron chi connectivity index (χ4n) is 5.31. The number of thioether (sulfide) groups is 2. The highest BCUT2D eigenvalue weighted by atomic mass is 32.2. The zero-order valence-electron chi connectivity index (χ0n) is 25.5. The van der Waals surface area contributed by atoms with Gasteiger partial charge in [0.2, 0.25) is 0 Å². The first-order valence-electron chi connectivity index (χ1n) is 14.9. The maximum absolute atomic E-state index is 5.43. The SMILES string of the molecule is Cc1ccc2c3ccc(C)cc3n(C(CCCCCCSC(=S)N(C)C)CCCCCCSC(=S)N(C)C)c2c1. The van der Waals surface area contributed by atoms with Crippen LogP contribution in [-0.4, -0.2) is 62.7 Å². The molecule has 0 aliphatic carbocycles. The van der Waals surface area contributed by atoms with Crippen LogP contribution in [0.1, 0.15) is 81.4 Å². The van der Waals surface area contributed by atoms with Gasteiger partial charge in [-0.1, -0.05) is 111 Å². The smallest absolute Gasteiger partial charge is 0.135 e. The minimum absolute atomic E-state index is 0.537. The molecule has 3 aromatic rings. The Hall–Kier alpha value is -1.28. The summed E-state index contributed by atoms with van der Waals surface area (Å²) in [5.41, 5.74) is 5.50. The summed E-state index contributed by atoms with van der Waals surface area (Å²) >= 11 is 14.5. The quantitative estimate of drug-likeness (QED) is 0.124. The van der Waals surface area contributed by atoms with Gasteiger partial charge in [0.25, 0.3) is 0 Å². The summed E-state index contributed by atoms with van der Waals surface area (Å²) in [5, 5.41) is 2.79. The maximum Gasteiger partial charge on any atom is 0.135 e. The Labute approximate surface area is 262 Å². The number of rotatable bonds is 15. The lowest BCUT2D eigenvalue weighted by atomic mass is 10.00. The normalized spacial score (nSPS) is 11.6. The van der Waals surface area contributed by atoms with Gasteiger partial charge in [-0.25, -0.2) is 0 Å². The van der Waals surface area contributed by atoms with E-state index in [4.69, 9.17) is 24.4 Å². The zero-order chi connectivity index (χ0) is 29.1. The Balaban J connectivity index is 1.66. The summed E-state index contributed by atoms with van der Waals surface area (Å²) in [6.45, 7) is 4.45. The lowest BCUT2D eigenvalue weighted by Gasteiger charge is -2.22. The van der Waals surface area contributed by atoms with Crippen LogP contribution in [0.2, 0.25) is 0 Å². The van der Waals surface area contributed by atoms with Crippen molar-refractivity contribution in [3.05, 3.63) is 47.5 Å². The Kier molecular flexibility index (Phi) is 14.1. The van der Waals surface area contributed by atoms with Crippen LogP contribution in [0.4, 0.5) is 0 Å². The largest absolute Gasteiger partial charge is 0.364 e. The summed E-state index contributed by atoms with van der Waals surface area (Å²) in [7, 11) is 8.14. The molecular formula is C33H49N3S4. The molecule has 0 bridgehead atoms. The molecule has 3 nitrogen and oxygen atoms in total. The molecule has 0 unspecified atom stereocenters. The van der Waals surface area contributed by atoms with Crippen molar-refractivity contribution in [3.8, 4) is 0 Å². The van der Waals surface area contributed by atoms with Crippen molar-refractivity contribution in [2.75, 3.05) is 39.7 Å². The van der Waals surface area contributed by atoms with Gasteiger partial charge < -0.3 is 14.4 Å². The number of hydrogen-bond donors (Lipinski definition) is 0. The van der Waals surface area contributed by atoms with E-state index >= 15 is 0 Å². The fraction of sp³-hybridized carbons (Fsp3) is 0.576. The van der Waals surface area contributed by atoms with Gasteiger partial charge in [0, 0.05) is 67.5 Å². The van der Waals surface area contributed by atoms with Crippen molar-refractivity contribution in [2.24, 2.45) is 0 Å². The second-order valence-corrected chi connectivity index (χ2v) is 14.9. The summed E-state index contributed by atoms with van der Waals surface area (Å²) in [6, 6.07) is 14.6. The Morgan fingerprint density at radius 2 is 1.05 bits per heavy atom. The topological polar surface area (TPSA) is 11.4 Å². The number of aryl methyl sites for hydroxylation is 2. The highest BCUT2D eigenvalue weighted by Gasteiger charge is 2.19. The molecule has 2 aromatic carbocycles. The van der Waals surface area contributed by atoms with Crippen LogP contribution in [0, 0.1) is 13.8 Å². The molecule has 0 atom stereocenters. The van der Waals surface area contributed by atoms with Crippen molar-refractivity contribution < 1.29 is 0 Å². The molecular weight excluding hydrogens is 567 g/mol. The van der Waals surface area contributed by atoms with E-state index in [0.717, 1.165) is 20.1 Å². The van der Waals surface area contributed by atoms with E-state index in [1.807, 2.05) is 61.5 Å². The van der Waals surface area contributed by atoms with E-state index in [9.17, 15) is 0 Å². The predicted octanol–water partition coefficient (Wildman–Crippen LogP) is 10.0. The van der Waals surface area contributed by atoms with Gasteiger partial charge in [0.1, 0.15) is 8.64 Å². The summed E-state index contributed by atoms with van der Waals surface area (Å²) in [4.78, 5) is 4.08. The van der Waals surface area contributed by atoms with E-state index in [-0.39, 0.29) is 0 Å². The number of fused-ring (bicyclic) bond motifs is 3. The third-order valence-corrected chi connectivity index (χ3v) is 11.2. The third kappa shape index (κ3) is 9.92. The molecule has 220 valence electrons. The number of unbranched alkanes of at least 4 members (excludes halogenated alkanes) is 6. The molecule has 0 N–H and O–H groups in total. The van der Waals surface area contributed by atoms with E-state index in [1.54, 1.807) is 0 Å². The van der Waals surface area contributed by atoms with Crippen LogP contribution < -0.4 is 0 Å². The number of benzene rings is 2. The standard InChI is InChI=1S/C33H49N3S4/c1-25-17-19-28-29-20-18-26(2)24-31(29)36(30(28)23-25)27(15-11-7-9-13-21-39-32(37)34(3)4)16-12-8-10-14-22-40-33(38)35(5)6/h17-20,23-24,27H,7-16,21-22H2,1-6H3. The summed E-state index contributed by atoms with van der Waals surface area (Å²) in [5.74, 6) is 2.26. The average Bonchev–Trinajstić information content (AvgIpc) is 3.22. The molecule has 0 aliphatic heterocycles. The monoisotopic (exact) mass is 615 g/mol. The minimum Gasteiger partial charge on any atom is -0.364 e. The number of nitrogens with zero attached hydrogens (tertiary/aromatic N) is 3. The van der Waals surface area contributed by atoms with E-state index in [0.29, 0.717) is 6.04 Å². The fourth-order valence-corrected chi connectivity index (χ4v) is 7.37. The van der Waals surface area contributed by atoms with Crippen molar-refractivity contribution >= 4 is 78.4 Å².